The Hall–Kier alpha value is -1.57. The van der Waals surface area contributed by atoms with Crippen molar-refractivity contribution in [1.82, 2.24) is 14.9 Å². The molecule has 0 spiro atoms. The van der Waals surface area contributed by atoms with E-state index in [0.717, 1.165) is 23.8 Å². The fraction of sp³-hybridized carbons (Fsp3) is 0.765. The van der Waals surface area contributed by atoms with Crippen LogP contribution in [0, 0.1) is 17.8 Å². The van der Waals surface area contributed by atoms with Crippen molar-refractivity contribution in [2.24, 2.45) is 24.8 Å². The summed E-state index contributed by atoms with van der Waals surface area (Å²) in [6.45, 7) is 1.84. The number of carbonyl (C=O) groups is 1. The first-order valence-corrected chi connectivity index (χ1v) is 8.68. The molecule has 140 valence electrons. The van der Waals surface area contributed by atoms with Crippen molar-refractivity contribution in [1.29, 1.82) is 0 Å². The van der Waals surface area contributed by atoms with Crippen molar-refractivity contribution < 1.29 is 23.1 Å². The molecule has 1 amide bonds. The van der Waals surface area contributed by atoms with Gasteiger partial charge in [0.15, 0.2) is 5.82 Å². The maximum absolute atomic E-state index is 13.5. The van der Waals surface area contributed by atoms with Crippen LogP contribution in [0.25, 0.3) is 0 Å². The molecule has 2 aliphatic rings. The van der Waals surface area contributed by atoms with Gasteiger partial charge in [0.25, 0.3) is 0 Å². The highest BCUT2D eigenvalue weighted by atomic mass is 19.4. The molecule has 8 heteroatoms. The lowest BCUT2D eigenvalue weighted by molar-refractivity contribution is -0.271. The standard InChI is InChI=1S/C17H24F3N3O2/c1-10(13-8-11-3-4-12(13)7-11)22-14(24)9-16(25,17(18,19)20)15-21-5-6-23(15)2/h5-6,10-13,25H,3-4,7-9H2,1-2H3,(H,22,24). The fourth-order valence-corrected chi connectivity index (χ4v) is 4.62. The Bertz CT molecular complexity index is 645. The third-order valence-corrected chi connectivity index (χ3v) is 5.90. The van der Waals surface area contributed by atoms with Crippen molar-refractivity contribution in [3.63, 3.8) is 0 Å². The second kappa shape index (κ2) is 6.30. The number of hydrogen-bond donors (Lipinski definition) is 2. The Labute approximate surface area is 144 Å². The van der Waals surface area contributed by atoms with Gasteiger partial charge in [0.2, 0.25) is 11.5 Å². The van der Waals surface area contributed by atoms with E-state index in [4.69, 9.17) is 0 Å². The average molecular weight is 359 g/mol. The van der Waals surface area contributed by atoms with Gasteiger partial charge >= 0.3 is 6.18 Å². The van der Waals surface area contributed by atoms with Gasteiger partial charge in [-0.05, 0) is 43.9 Å². The second-order valence-corrected chi connectivity index (χ2v) is 7.59. The third-order valence-electron chi connectivity index (χ3n) is 5.90. The summed E-state index contributed by atoms with van der Waals surface area (Å²) in [4.78, 5) is 15.9. The lowest BCUT2D eigenvalue weighted by atomic mass is 9.84. The van der Waals surface area contributed by atoms with Gasteiger partial charge < -0.3 is 15.0 Å². The minimum absolute atomic E-state index is 0.193. The quantitative estimate of drug-likeness (QED) is 0.849. The summed E-state index contributed by atoms with van der Waals surface area (Å²) in [5.41, 5.74) is -3.30. The molecule has 5 unspecified atom stereocenters. The van der Waals surface area contributed by atoms with Crippen LogP contribution >= 0.6 is 0 Å². The minimum atomic E-state index is -5.00. The van der Waals surface area contributed by atoms with Crippen LogP contribution in [0.1, 0.15) is 44.9 Å². The van der Waals surface area contributed by atoms with Crippen LogP contribution in [0.5, 0.6) is 0 Å². The molecular weight excluding hydrogens is 335 g/mol. The smallest absolute Gasteiger partial charge is 0.374 e. The predicted octanol–water partition coefficient (Wildman–Crippen LogP) is 2.50. The van der Waals surface area contributed by atoms with Gasteiger partial charge in [0.1, 0.15) is 0 Å². The summed E-state index contributed by atoms with van der Waals surface area (Å²) < 4.78 is 41.5. The number of aliphatic hydroxyl groups is 1. The van der Waals surface area contributed by atoms with Crippen LogP contribution in [0.3, 0.4) is 0 Å². The zero-order valence-corrected chi connectivity index (χ0v) is 14.4. The van der Waals surface area contributed by atoms with E-state index in [9.17, 15) is 23.1 Å². The molecular formula is C17H24F3N3O2. The first-order valence-electron chi connectivity index (χ1n) is 8.68. The van der Waals surface area contributed by atoms with E-state index in [-0.39, 0.29) is 6.04 Å². The highest BCUT2D eigenvalue weighted by Crippen LogP contribution is 2.49. The number of hydrogen-bond acceptors (Lipinski definition) is 3. The number of aromatic nitrogens is 2. The number of carbonyl (C=O) groups excluding carboxylic acids is 1. The second-order valence-electron chi connectivity index (χ2n) is 7.59. The molecule has 25 heavy (non-hydrogen) atoms. The van der Waals surface area contributed by atoms with E-state index in [0.29, 0.717) is 17.8 Å². The number of aryl methyl sites for hydroxylation is 1. The Morgan fingerprint density at radius 3 is 2.64 bits per heavy atom. The van der Waals surface area contributed by atoms with Crippen LogP contribution in [0.15, 0.2) is 12.4 Å². The Balaban J connectivity index is 1.70. The first-order chi connectivity index (χ1) is 11.6. The first kappa shape index (κ1) is 18.2. The van der Waals surface area contributed by atoms with E-state index >= 15 is 0 Å². The van der Waals surface area contributed by atoms with Gasteiger partial charge in [-0.25, -0.2) is 4.98 Å². The summed E-state index contributed by atoms with van der Waals surface area (Å²) in [6, 6.07) is -0.193. The summed E-state index contributed by atoms with van der Waals surface area (Å²) in [5.74, 6) is 0.168. The topological polar surface area (TPSA) is 67.2 Å². The molecule has 0 saturated heterocycles. The predicted molar refractivity (Wildman–Crippen MR) is 84.3 cm³/mol. The monoisotopic (exact) mass is 359 g/mol. The molecule has 0 radical (unpaired) electrons. The molecule has 0 aliphatic heterocycles. The number of nitrogens with one attached hydrogen (secondary N) is 1. The molecule has 5 nitrogen and oxygen atoms in total. The number of rotatable bonds is 5. The van der Waals surface area contributed by atoms with Gasteiger partial charge in [-0.2, -0.15) is 13.2 Å². The van der Waals surface area contributed by atoms with Crippen LogP contribution in [0.2, 0.25) is 0 Å². The molecule has 2 N–H and O–H groups in total. The summed E-state index contributed by atoms with van der Waals surface area (Å²) in [6.07, 6.45) is 0.916. The third kappa shape index (κ3) is 3.28. The van der Waals surface area contributed by atoms with Gasteiger partial charge in [-0.15, -0.1) is 0 Å². The zero-order chi connectivity index (χ0) is 18.4. The number of amides is 1. The zero-order valence-electron chi connectivity index (χ0n) is 14.4. The van der Waals surface area contributed by atoms with Crippen LogP contribution in [-0.4, -0.2) is 32.8 Å². The highest BCUT2D eigenvalue weighted by Gasteiger charge is 2.58. The number of imidazole rings is 1. The van der Waals surface area contributed by atoms with Crippen molar-refractivity contribution in [2.75, 3.05) is 0 Å². The van der Waals surface area contributed by atoms with E-state index in [1.165, 1.54) is 25.9 Å². The average Bonchev–Trinajstić information content (AvgIpc) is 3.21. The van der Waals surface area contributed by atoms with Crippen LogP contribution in [0.4, 0.5) is 13.2 Å². The Morgan fingerprint density at radius 1 is 1.44 bits per heavy atom. The molecule has 1 aromatic rings. The van der Waals surface area contributed by atoms with Crippen LogP contribution in [-0.2, 0) is 17.4 Å². The molecule has 5 atom stereocenters. The van der Waals surface area contributed by atoms with E-state index in [2.05, 4.69) is 10.3 Å². The van der Waals surface area contributed by atoms with Crippen molar-refractivity contribution in [2.45, 2.75) is 56.8 Å². The van der Waals surface area contributed by atoms with Gasteiger partial charge in [0.05, 0.1) is 6.42 Å². The maximum atomic E-state index is 13.5. The summed E-state index contributed by atoms with van der Waals surface area (Å²) >= 11 is 0. The summed E-state index contributed by atoms with van der Waals surface area (Å²) in [7, 11) is 1.36. The van der Waals surface area contributed by atoms with E-state index in [1.807, 2.05) is 6.92 Å². The van der Waals surface area contributed by atoms with Gasteiger partial charge in [0, 0.05) is 25.5 Å². The van der Waals surface area contributed by atoms with Crippen molar-refractivity contribution >= 4 is 5.91 Å². The normalized spacial score (nSPS) is 29.4. The highest BCUT2D eigenvalue weighted by molar-refractivity contribution is 5.77. The Kier molecular flexibility index (Phi) is 4.59. The van der Waals surface area contributed by atoms with Crippen molar-refractivity contribution in [3.05, 3.63) is 18.2 Å². The molecule has 2 saturated carbocycles. The van der Waals surface area contributed by atoms with E-state index < -0.39 is 29.9 Å². The molecule has 1 heterocycles. The maximum Gasteiger partial charge on any atom is 0.425 e. The van der Waals surface area contributed by atoms with Crippen molar-refractivity contribution in [3.8, 4) is 0 Å². The lowest BCUT2D eigenvalue weighted by Gasteiger charge is -2.32. The molecule has 0 aromatic carbocycles. The Morgan fingerprint density at radius 2 is 2.16 bits per heavy atom. The number of nitrogens with zero attached hydrogens (tertiary/aromatic N) is 2. The van der Waals surface area contributed by atoms with Crippen LogP contribution < -0.4 is 5.32 Å². The molecule has 1 aromatic heterocycles. The molecule has 3 rings (SSSR count). The van der Waals surface area contributed by atoms with E-state index in [1.54, 1.807) is 0 Å². The number of fused-ring (bicyclic) bond motifs is 2. The number of halogens is 3. The largest absolute Gasteiger partial charge is 0.425 e. The lowest BCUT2D eigenvalue weighted by Crippen LogP contribution is -2.49. The minimum Gasteiger partial charge on any atom is -0.374 e. The molecule has 2 bridgehead atoms. The van der Waals surface area contributed by atoms with Gasteiger partial charge in [-0.1, -0.05) is 6.42 Å². The number of alkyl halides is 3. The molecule has 2 fully saturated rings. The fourth-order valence-electron chi connectivity index (χ4n) is 4.62. The van der Waals surface area contributed by atoms with Gasteiger partial charge in [-0.3, -0.25) is 4.79 Å². The molecule has 2 aliphatic carbocycles. The summed E-state index contributed by atoms with van der Waals surface area (Å²) in [5, 5.41) is 13.0. The SMILES string of the molecule is CC(NC(=O)CC(O)(c1nccn1C)C(F)(F)F)C1CC2CCC1C2.